The molecule has 2 nitrogen and oxygen atoms in total. The lowest BCUT2D eigenvalue weighted by atomic mass is 9.82. The first-order valence-electron chi connectivity index (χ1n) is 12.8. The Hall–Kier alpha value is -2.94. The summed E-state index contributed by atoms with van der Waals surface area (Å²) in [6.45, 7) is 2.17. The summed E-state index contributed by atoms with van der Waals surface area (Å²) in [7, 11) is 0. The van der Waals surface area contributed by atoms with Crippen molar-refractivity contribution in [1.29, 1.82) is 0 Å². The van der Waals surface area contributed by atoms with Gasteiger partial charge in [0.2, 0.25) is 0 Å². The lowest BCUT2D eigenvalue weighted by molar-refractivity contribution is 0.00669. The summed E-state index contributed by atoms with van der Waals surface area (Å²) in [4.78, 5) is 13.1. The van der Waals surface area contributed by atoms with Crippen LogP contribution >= 0.6 is 0 Å². The van der Waals surface area contributed by atoms with Gasteiger partial charge in [0.15, 0.2) is 0 Å². The average Bonchev–Trinajstić information content (AvgIpc) is 2.88. The molecule has 0 aromatic heterocycles. The minimum Gasteiger partial charge on any atom is -0.454 e. The zero-order valence-corrected chi connectivity index (χ0v) is 20.1. The number of hydrogen-bond acceptors (Lipinski definition) is 2. The quantitative estimate of drug-likeness (QED) is 0.237. The van der Waals surface area contributed by atoms with E-state index < -0.39 is 0 Å². The van der Waals surface area contributed by atoms with Crippen molar-refractivity contribution in [1.82, 2.24) is 0 Å². The van der Waals surface area contributed by atoms with Gasteiger partial charge < -0.3 is 4.74 Å². The van der Waals surface area contributed by atoms with E-state index >= 15 is 0 Å². The van der Waals surface area contributed by atoms with Crippen LogP contribution in [0.3, 0.4) is 0 Å². The maximum atomic E-state index is 14.8. The number of halogens is 1. The Kier molecular flexibility index (Phi) is 8.51. The molecule has 0 N–H and O–H groups in total. The van der Waals surface area contributed by atoms with Gasteiger partial charge in [-0.25, -0.2) is 9.18 Å². The lowest BCUT2D eigenvalue weighted by Crippen LogP contribution is -2.22. The van der Waals surface area contributed by atoms with E-state index in [1.165, 1.54) is 19.3 Å². The average molecular weight is 459 g/mol. The van der Waals surface area contributed by atoms with Crippen molar-refractivity contribution in [3.05, 3.63) is 95.3 Å². The van der Waals surface area contributed by atoms with Crippen molar-refractivity contribution in [3.63, 3.8) is 0 Å². The molecular weight excluding hydrogens is 423 g/mol. The van der Waals surface area contributed by atoms with Gasteiger partial charge in [0, 0.05) is 11.5 Å². The first kappa shape index (κ1) is 24.2. The third-order valence-electron chi connectivity index (χ3n) is 6.97. The number of ether oxygens (including phenoxy) is 1. The van der Waals surface area contributed by atoms with E-state index in [4.69, 9.17) is 4.74 Å². The van der Waals surface area contributed by atoms with Gasteiger partial charge in [-0.05, 0) is 60.6 Å². The van der Waals surface area contributed by atoms with Crippen LogP contribution in [0.25, 0.3) is 11.1 Å². The molecule has 178 valence electrons. The molecule has 0 bridgehead atoms. The smallest absolute Gasteiger partial charge is 0.338 e. The van der Waals surface area contributed by atoms with Gasteiger partial charge in [0.05, 0.1) is 5.56 Å². The fourth-order valence-corrected chi connectivity index (χ4v) is 5.01. The zero-order valence-electron chi connectivity index (χ0n) is 20.1. The van der Waals surface area contributed by atoms with Crippen molar-refractivity contribution in [2.24, 2.45) is 5.92 Å². The summed E-state index contributed by atoms with van der Waals surface area (Å²) in [5, 5.41) is 0. The number of rotatable bonds is 9. The molecule has 3 heteroatoms. The molecule has 0 saturated heterocycles. The molecule has 1 aliphatic rings. The molecule has 3 aromatic carbocycles. The predicted molar refractivity (Wildman–Crippen MR) is 136 cm³/mol. The van der Waals surface area contributed by atoms with Crippen molar-refractivity contribution >= 4 is 5.97 Å². The van der Waals surface area contributed by atoms with Crippen LogP contribution in [-0.4, -0.2) is 5.97 Å². The number of hydrogen-bond donors (Lipinski definition) is 0. The van der Waals surface area contributed by atoms with Crippen molar-refractivity contribution in [3.8, 4) is 11.1 Å². The van der Waals surface area contributed by atoms with Gasteiger partial charge in [-0.15, -0.1) is 0 Å². The van der Waals surface area contributed by atoms with E-state index in [-0.39, 0.29) is 17.9 Å². The Balaban J connectivity index is 1.47. The summed E-state index contributed by atoms with van der Waals surface area (Å²) in [5.74, 6) is -0.187. The van der Waals surface area contributed by atoms with E-state index in [0.717, 1.165) is 55.2 Å². The fourth-order valence-electron chi connectivity index (χ4n) is 5.01. The van der Waals surface area contributed by atoms with Crippen LogP contribution < -0.4 is 0 Å². The highest BCUT2D eigenvalue weighted by atomic mass is 19.1. The number of unbranched alkanes of at least 4 members (excludes halogenated alkanes) is 2. The Morgan fingerprint density at radius 2 is 1.68 bits per heavy atom. The maximum absolute atomic E-state index is 14.8. The van der Waals surface area contributed by atoms with Crippen LogP contribution in [0.5, 0.6) is 0 Å². The highest BCUT2D eigenvalue weighted by Crippen LogP contribution is 2.37. The molecular formula is C31H35FO2. The summed E-state index contributed by atoms with van der Waals surface area (Å²) in [6, 6.07) is 22.7. The van der Waals surface area contributed by atoms with E-state index in [9.17, 15) is 9.18 Å². The van der Waals surface area contributed by atoms with Gasteiger partial charge in [-0.2, -0.15) is 0 Å². The zero-order chi connectivity index (χ0) is 23.8. The minimum atomic E-state index is -0.322. The van der Waals surface area contributed by atoms with Crippen molar-refractivity contribution in [2.45, 2.75) is 70.8 Å². The molecule has 1 fully saturated rings. The fraction of sp³-hybridized carbons (Fsp3) is 0.387. The minimum absolute atomic E-state index is 0.217. The topological polar surface area (TPSA) is 26.3 Å². The maximum Gasteiger partial charge on any atom is 0.338 e. The molecule has 0 spiro atoms. The van der Waals surface area contributed by atoms with E-state index in [0.29, 0.717) is 17.0 Å². The van der Waals surface area contributed by atoms with Gasteiger partial charge in [-0.1, -0.05) is 93.6 Å². The second-order valence-corrected chi connectivity index (χ2v) is 9.48. The monoisotopic (exact) mass is 458 g/mol. The second kappa shape index (κ2) is 12.0. The number of benzene rings is 3. The summed E-state index contributed by atoms with van der Waals surface area (Å²) < 4.78 is 20.9. The molecule has 1 atom stereocenters. The van der Waals surface area contributed by atoms with E-state index in [1.807, 2.05) is 54.6 Å². The normalized spacial score (nSPS) is 15.1. The Morgan fingerprint density at radius 1 is 0.941 bits per heavy atom. The molecule has 0 aliphatic heterocycles. The first-order valence-corrected chi connectivity index (χ1v) is 12.8. The van der Waals surface area contributed by atoms with Crippen LogP contribution in [0.4, 0.5) is 4.39 Å². The van der Waals surface area contributed by atoms with Crippen molar-refractivity contribution < 1.29 is 13.9 Å². The van der Waals surface area contributed by atoms with Crippen LogP contribution in [0, 0.1) is 11.7 Å². The highest BCUT2D eigenvalue weighted by molar-refractivity contribution is 5.90. The molecule has 3 aromatic rings. The summed E-state index contributed by atoms with van der Waals surface area (Å²) in [5.41, 5.74) is 3.91. The molecule has 4 rings (SSSR count). The molecule has 1 unspecified atom stereocenters. The molecule has 1 saturated carbocycles. The number of carbonyl (C=O) groups excluding carboxylic acids is 1. The van der Waals surface area contributed by atoms with Crippen LogP contribution in [0.1, 0.15) is 85.9 Å². The second-order valence-electron chi connectivity index (χ2n) is 9.48. The van der Waals surface area contributed by atoms with Crippen LogP contribution in [0.2, 0.25) is 0 Å². The molecule has 0 heterocycles. The largest absolute Gasteiger partial charge is 0.454 e. The van der Waals surface area contributed by atoms with Gasteiger partial charge in [0.1, 0.15) is 11.9 Å². The standard InChI is InChI=1S/C31H35FO2/c1-2-3-6-11-23-16-21-28(29(32)22-23)24-17-19-27(20-18-24)31(33)34-30(25-12-7-4-8-13-25)26-14-9-5-10-15-26/h4,7-8,12-13,16-22,26,30H,2-3,5-6,9-11,14-15H2,1H3. The van der Waals surface area contributed by atoms with E-state index in [1.54, 1.807) is 18.2 Å². The van der Waals surface area contributed by atoms with Gasteiger partial charge in [0.25, 0.3) is 0 Å². The third kappa shape index (κ3) is 6.14. The lowest BCUT2D eigenvalue weighted by Gasteiger charge is -2.30. The Labute approximate surface area is 203 Å². The molecule has 34 heavy (non-hydrogen) atoms. The Bertz CT molecular complexity index is 1050. The predicted octanol–water partition coefficient (Wildman–Crippen LogP) is 8.70. The molecule has 0 amide bonds. The number of aryl methyl sites for hydroxylation is 1. The first-order chi connectivity index (χ1) is 16.7. The van der Waals surface area contributed by atoms with E-state index in [2.05, 4.69) is 6.92 Å². The van der Waals surface area contributed by atoms with Gasteiger partial charge >= 0.3 is 5.97 Å². The number of carbonyl (C=O) groups is 1. The highest BCUT2D eigenvalue weighted by Gasteiger charge is 2.28. The Morgan fingerprint density at radius 3 is 2.35 bits per heavy atom. The number of esters is 1. The molecule has 0 radical (unpaired) electrons. The third-order valence-corrected chi connectivity index (χ3v) is 6.97. The van der Waals surface area contributed by atoms with Crippen LogP contribution in [-0.2, 0) is 11.2 Å². The van der Waals surface area contributed by atoms with Crippen LogP contribution in [0.15, 0.2) is 72.8 Å². The summed E-state index contributed by atoms with van der Waals surface area (Å²) >= 11 is 0. The summed E-state index contributed by atoms with van der Waals surface area (Å²) in [6.07, 6.45) is 9.85. The van der Waals surface area contributed by atoms with Gasteiger partial charge in [-0.3, -0.25) is 0 Å². The SMILES string of the molecule is CCCCCc1ccc(-c2ccc(C(=O)OC(c3ccccc3)C3CCCCC3)cc2)c(F)c1. The molecule has 1 aliphatic carbocycles. The van der Waals surface area contributed by atoms with Crippen molar-refractivity contribution in [2.75, 3.05) is 0 Å².